The summed E-state index contributed by atoms with van der Waals surface area (Å²) >= 11 is 3.34. The topological polar surface area (TPSA) is 74.5 Å². The fourth-order valence-electron chi connectivity index (χ4n) is 2.51. The molecule has 0 bridgehead atoms. The number of amides is 1. The summed E-state index contributed by atoms with van der Waals surface area (Å²) in [5, 5.41) is 12.6. The summed E-state index contributed by atoms with van der Waals surface area (Å²) in [5.74, 6) is -1.54. The van der Waals surface area contributed by atoms with Gasteiger partial charge in [0.05, 0.1) is 23.4 Å². The van der Waals surface area contributed by atoms with Gasteiger partial charge in [0, 0.05) is 15.6 Å². The molecule has 30 heavy (non-hydrogen) atoms. The van der Waals surface area contributed by atoms with E-state index in [1.54, 1.807) is 42.5 Å². The van der Waals surface area contributed by atoms with Crippen molar-refractivity contribution in [2.24, 2.45) is 5.10 Å². The van der Waals surface area contributed by atoms with Gasteiger partial charge in [-0.05, 0) is 42.5 Å². The summed E-state index contributed by atoms with van der Waals surface area (Å²) in [4.78, 5) is 12.1. The zero-order valence-electron chi connectivity index (χ0n) is 15.4. The van der Waals surface area contributed by atoms with Crippen LogP contribution in [-0.2, 0) is 6.61 Å². The minimum absolute atomic E-state index is 0.0119. The lowest BCUT2D eigenvalue weighted by Crippen LogP contribution is -2.19. The molecular formula is C22H14BrF2N3O2. The van der Waals surface area contributed by atoms with Gasteiger partial charge in [-0.3, -0.25) is 4.79 Å². The van der Waals surface area contributed by atoms with Crippen LogP contribution in [0.5, 0.6) is 5.75 Å². The minimum atomic E-state index is -0.821. The largest absolute Gasteiger partial charge is 0.488 e. The highest BCUT2D eigenvalue weighted by molar-refractivity contribution is 9.10. The minimum Gasteiger partial charge on any atom is -0.488 e. The predicted molar refractivity (Wildman–Crippen MR) is 111 cm³/mol. The monoisotopic (exact) mass is 469 g/mol. The second kappa shape index (κ2) is 9.76. The first-order chi connectivity index (χ1) is 14.5. The molecule has 0 heterocycles. The zero-order valence-corrected chi connectivity index (χ0v) is 17.0. The summed E-state index contributed by atoms with van der Waals surface area (Å²) in [5.41, 5.74) is 3.01. The van der Waals surface area contributed by atoms with Crippen LogP contribution in [0.2, 0.25) is 0 Å². The van der Waals surface area contributed by atoms with E-state index >= 15 is 0 Å². The van der Waals surface area contributed by atoms with E-state index in [0.29, 0.717) is 16.9 Å². The third-order valence-corrected chi connectivity index (χ3v) is 4.52. The Balaban J connectivity index is 1.72. The second-order valence-electron chi connectivity index (χ2n) is 6.07. The summed E-state index contributed by atoms with van der Waals surface area (Å²) in [6.07, 6.45) is 1.33. The number of hydrazone groups is 1. The Morgan fingerprint density at radius 3 is 2.67 bits per heavy atom. The number of nitrogens with one attached hydrogen (secondary N) is 1. The van der Waals surface area contributed by atoms with Gasteiger partial charge in [-0.15, -0.1) is 0 Å². The molecule has 5 nitrogen and oxygen atoms in total. The van der Waals surface area contributed by atoms with Gasteiger partial charge in [0.1, 0.15) is 24.0 Å². The maximum Gasteiger partial charge on any atom is 0.274 e. The van der Waals surface area contributed by atoms with Crippen LogP contribution >= 0.6 is 15.9 Å². The number of hydrogen-bond acceptors (Lipinski definition) is 4. The van der Waals surface area contributed by atoms with Crippen molar-refractivity contribution in [3.05, 3.63) is 99.0 Å². The number of carbonyl (C=O) groups is 1. The SMILES string of the molecule is N#Cc1ccc(C(=O)N/N=C\c2cc(Br)ccc2OCc2ccccc2F)c(F)c1. The molecule has 0 aliphatic carbocycles. The molecule has 0 saturated heterocycles. The Bertz CT molecular complexity index is 1160. The van der Waals surface area contributed by atoms with Crippen LogP contribution in [0.1, 0.15) is 27.0 Å². The molecule has 8 heteroatoms. The lowest BCUT2D eigenvalue weighted by molar-refractivity contribution is 0.0951. The maximum absolute atomic E-state index is 13.9. The molecular weight excluding hydrogens is 456 g/mol. The third kappa shape index (κ3) is 5.27. The van der Waals surface area contributed by atoms with Crippen molar-refractivity contribution in [3.63, 3.8) is 0 Å². The summed E-state index contributed by atoms with van der Waals surface area (Å²) < 4.78 is 34.1. The van der Waals surface area contributed by atoms with Gasteiger partial charge < -0.3 is 4.74 Å². The van der Waals surface area contributed by atoms with E-state index in [2.05, 4.69) is 26.5 Å². The van der Waals surface area contributed by atoms with Crippen LogP contribution < -0.4 is 10.2 Å². The maximum atomic E-state index is 13.9. The number of nitriles is 1. The number of carbonyl (C=O) groups excluding carboxylic acids is 1. The summed E-state index contributed by atoms with van der Waals surface area (Å²) in [7, 11) is 0. The zero-order chi connectivity index (χ0) is 21.5. The van der Waals surface area contributed by atoms with Crippen molar-refractivity contribution in [2.45, 2.75) is 6.61 Å². The molecule has 0 saturated carbocycles. The predicted octanol–water partition coefficient (Wildman–Crippen LogP) is 4.94. The van der Waals surface area contributed by atoms with E-state index in [4.69, 9.17) is 10.00 Å². The lowest BCUT2D eigenvalue weighted by atomic mass is 10.1. The Morgan fingerprint density at radius 1 is 1.13 bits per heavy atom. The van der Waals surface area contributed by atoms with Gasteiger partial charge in [-0.25, -0.2) is 14.2 Å². The molecule has 3 aromatic rings. The first-order valence-electron chi connectivity index (χ1n) is 8.66. The molecule has 1 amide bonds. The van der Waals surface area contributed by atoms with Crippen molar-refractivity contribution in [1.82, 2.24) is 5.43 Å². The number of halogens is 3. The molecule has 0 fully saturated rings. The molecule has 150 valence electrons. The van der Waals surface area contributed by atoms with E-state index < -0.39 is 11.7 Å². The molecule has 0 aliphatic rings. The van der Waals surface area contributed by atoms with E-state index in [0.717, 1.165) is 10.5 Å². The second-order valence-corrected chi connectivity index (χ2v) is 6.98. The first-order valence-corrected chi connectivity index (χ1v) is 9.46. The molecule has 0 atom stereocenters. The number of nitrogens with zero attached hydrogens (tertiary/aromatic N) is 2. The standard InChI is InChI=1S/C22H14BrF2N3O2/c23-17-6-8-21(30-13-15-3-1-2-4-19(15)24)16(10-17)12-27-28-22(29)18-7-5-14(11-26)9-20(18)25/h1-10,12H,13H2,(H,28,29)/b27-12-. The highest BCUT2D eigenvalue weighted by Gasteiger charge is 2.12. The molecule has 1 N–H and O–H groups in total. The molecule has 3 aromatic carbocycles. The van der Waals surface area contributed by atoms with Crippen LogP contribution in [0, 0.1) is 23.0 Å². The van der Waals surface area contributed by atoms with E-state index in [-0.39, 0.29) is 23.6 Å². The third-order valence-electron chi connectivity index (χ3n) is 4.03. The normalized spacial score (nSPS) is 10.6. The Hall–Kier alpha value is -3.57. The van der Waals surface area contributed by atoms with Gasteiger partial charge in [0.2, 0.25) is 0 Å². The van der Waals surface area contributed by atoms with Gasteiger partial charge in [-0.2, -0.15) is 10.4 Å². The average molecular weight is 470 g/mol. The van der Waals surface area contributed by atoms with E-state index in [1.165, 1.54) is 24.4 Å². The first kappa shape index (κ1) is 21.1. The van der Waals surface area contributed by atoms with Crippen LogP contribution in [0.3, 0.4) is 0 Å². The van der Waals surface area contributed by atoms with Crippen LogP contribution in [0.15, 0.2) is 70.2 Å². The van der Waals surface area contributed by atoms with Crippen molar-refractivity contribution in [1.29, 1.82) is 5.26 Å². The van der Waals surface area contributed by atoms with Crippen LogP contribution in [-0.4, -0.2) is 12.1 Å². The lowest BCUT2D eigenvalue weighted by Gasteiger charge is -2.10. The number of ether oxygens (including phenoxy) is 1. The summed E-state index contributed by atoms with van der Waals surface area (Å²) in [6, 6.07) is 16.7. The highest BCUT2D eigenvalue weighted by Crippen LogP contribution is 2.23. The smallest absolute Gasteiger partial charge is 0.274 e. The molecule has 0 aromatic heterocycles. The van der Waals surface area contributed by atoms with E-state index in [9.17, 15) is 13.6 Å². The number of benzene rings is 3. The van der Waals surface area contributed by atoms with Gasteiger partial charge in [-0.1, -0.05) is 34.1 Å². The Labute approximate surface area is 179 Å². The van der Waals surface area contributed by atoms with Gasteiger partial charge in [0.25, 0.3) is 5.91 Å². The highest BCUT2D eigenvalue weighted by atomic mass is 79.9. The molecule has 0 spiro atoms. The number of rotatable bonds is 6. The Kier molecular flexibility index (Phi) is 6.88. The quantitative estimate of drug-likeness (QED) is 0.410. The van der Waals surface area contributed by atoms with Crippen molar-refractivity contribution < 1.29 is 18.3 Å². The molecule has 0 radical (unpaired) electrons. The molecule has 0 unspecified atom stereocenters. The van der Waals surface area contributed by atoms with Crippen molar-refractivity contribution in [3.8, 4) is 11.8 Å². The average Bonchev–Trinajstić information content (AvgIpc) is 2.74. The molecule has 3 rings (SSSR count). The fourth-order valence-corrected chi connectivity index (χ4v) is 2.89. The van der Waals surface area contributed by atoms with Crippen LogP contribution in [0.4, 0.5) is 8.78 Å². The molecule has 0 aliphatic heterocycles. The van der Waals surface area contributed by atoms with Crippen molar-refractivity contribution in [2.75, 3.05) is 0 Å². The van der Waals surface area contributed by atoms with Gasteiger partial charge in [0.15, 0.2) is 0 Å². The fraction of sp³-hybridized carbons (Fsp3) is 0.0455. The van der Waals surface area contributed by atoms with E-state index in [1.807, 2.05) is 0 Å². The number of hydrogen-bond donors (Lipinski definition) is 1. The summed E-state index contributed by atoms with van der Waals surface area (Å²) in [6.45, 7) is 0.0119. The Morgan fingerprint density at radius 2 is 1.93 bits per heavy atom. The van der Waals surface area contributed by atoms with Crippen molar-refractivity contribution >= 4 is 28.1 Å². The van der Waals surface area contributed by atoms with Crippen LogP contribution in [0.25, 0.3) is 0 Å². The van der Waals surface area contributed by atoms with Gasteiger partial charge >= 0.3 is 0 Å².